The van der Waals surface area contributed by atoms with E-state index in [1.807, 2.05) is 4.68 Å². The molecule has 0 aliphatic carbocycles. The zero-order chi connectivity index (χ0) is 14.5. The lowest BCUT2D eigenvalue weighted by Gasteiger charge is -2.21. The predicted molar refractivity (Wildman–Crippen MR) is 81.7 cm³/mol. The number of hydrogen-bond donors (Lipinski definition) is 1. The molecule has 1 aromatic heterocycles. The number of benzene rings is 1. The molecule has 0 saturated heterocycles. The van der Waals surface area contributed by atoms with Crippen molar-refractivity contribution in [1.82, 2.24) is 20.1 Å². The van der Waals surface area contributed by atoms with Crippen molar-refractivity contribution in [3.8, 4) is 0 Å². The number of likely N-dealkylation sites (N-methyl/N-ethyl adjacent to an activating group) is 1. The quantitative estimate of drug-likeness (QED) is 0.879. The third-order valence-corrected chi connectivity index (χ3v) is 3.85. The lowest BCUT2D eigenvalue weighted by atomic mass is 9.95. The van der Waals surface area contributed by atoms with E-state index < -0.39 is 0 Å². The molecule has 1 unspecified atom stereocenters. The predicted octanol–water partition coefficient (Wildman–Crippen LogP) is 2.81. The summed E-state index contributed by atoms with van der Waals surface area (Å²) in [6, 6.07) is 6.79. The fourth-order valence-corrected chi connectivity index (χ4v) is 2.58. The highest BCUT2D eigenvalue weighted by Crippen LogP contribution is 2.23. The van der Waals surface area contributed by atoms with E-state index in [1.54, 1.807) is 6.33 Å². The van der Waals surface area contributed by atoms with E-state index >= 15 is 0 Å². The number of hydrogen-bond acceptors (Lipinski definition) is 3. The number of nitrogens with one attached hydrogen (secondary N) is 1. The van der Waals surface area contributed by atoms with Gasteiger partial charge in [0.2, 0.25) is 0 Å². The molecule has 20 heavy (non-hydrogen) atoms. The van der Waals surface area contributed by atoms with Crippen LogP contribution in [0.15, 0.2) is 24.5 Å². The van der Waals surface area contributed by atoms with Crippen LogP contribution < -0.4 is 5.32 Å². The molecule has 1 N–H and O–H groups in total. The maximum Gasteiger partial charge on any atom is 0.138 e. The molecule has 0 spiro atoms. The first-order valence-corrected chi connectivity index (χ1v) is 7.33. The molecule has 0 radical (unpaired) electrons. The summed E-state index contributed by atoms with van der Waals surface area (Å²) >= 11 is 0. The second kappa shape index (κ2) is 6.66. The van der Waals surface area contributed by atoms with Gasteiger partial charge in [0, 0.05) is 19.0 Å². The first kappa shape index (κ1) is 14.7. The van der Waals surface area contributed by atoms with E-state index in [9.17, 15) is 0 Å². The third kappa shape index (κ3) is 3.07. The monoisotopic (exact) mass is 272 g/mol. The van der Waals surface area contributed by atoms with E-state index in [0.717, 1.165) is 25.3 Å². The Bertz CT molecular complexity index is 559. The molecule has 2 aromatic rings. The van der Waals surface area contributed by atoms with Gasteiger partial charge in [-0.2, -0.15) is 5.10 Å². The lowest BCUT2D eigenvalue weighted by molar-refractivity contribution is 0.507. The van der Waals surface area contributed by atoms with Gasteiger partial charge in [-0.05, 0) is 44.0 Å². The second-order valence-electron chi connectivity index (χ2n) is 5.10. The fourth-order valence-electron chi connectivity index (χ4n) is 2.58. The summed E-state index contributed by atoms with van der Waals surface area (Å²) in [6.45, 7) is 10.4. The SMILES string of the molecule is CCNC(Cc1ncnn1CC)c1cccc(C)c1C. The van der Waals surface area contributed by atoms with Crippen LogP contribution in [0.3, 0.4) is 0 Å². The van der Waals surface area contributed by atoms with Crippen LogP contribution in [0.25, 0.3) is 0 Å². The standard InChI is InChI=1S/C16H24N4/c1-5-17-15(10-16-18-11-19-20(16)6-2)14-9-7-8-12(3)13(14)4/h7-9,11,15,17H,5-6,10H2,1-4H3. The highest BCUT2D eigenvalue weighted by Gasteiger charge is 2.17. The summed E-state index contributed by atoms with van der Waals surface area (Å²) in [5.41, 5.74) is 4.06. The summed E-state index contributed by atoms with van der Waals surface area (Å²) < 4.78 is 1.97. The van der Waals surface area contributed by atoms with Gasteiger partial charge in [0.15, 0.2) is 0 Å². The molecule has 0 bridgehead atoms. The van der Waals surface area contributed by atoms with Crippen molar-refractivity contribution >= 4 is 0 Å². The Morgan fingerprint density at radius 1 is 1.25 bits per heavy atom. The number of aryl methyl sites for hydroxylation is 2. The smallest absolute Gasteiger partial charge is 0.138 e. The van der Waals surface area contributed by atoms with Gasteiger partial charge in [-0.15, -0.1) is 0 Å². The first-order chi connectivity index (χ1) is 9.67. The molecule has 2 rings (SSSR count). The van der Waals surface area contributed by atoms with Crippen LogP contribution in [0.1, 0.15) is 42.4 Å². The molecule has 0 fully saturated rings. The van der Waals surface area contributed by atoms with Gasteiger partial charge in [-0.25, -0.2) is 4.98 Å². The molecule has 1 aromatic carbocycles. The summed E-state index contributed by atoms with van der Waals surface area (Å²) in [7, 11) is 0. The van der Waals surface area contributed by atoms with Crippen LogP contribution in [0, 0.1) is 13.8 Å². The zero-order valence-electron chi connectivity index (χ0n) is 12.8. The average molecular weight is 272 g/mol. The minimum absolute atomic E-state index is 0.286. The average Bonchev–Trinajstić information content (AvgIpc) is 2.89. The van der Waals surface area contributed by atoms with Gasteiger partial charge < -0.3 is 5.32 Å². The second-order valence-corrected chi connectivity index (χ2v) is 5.10. The molecule has 0 aliphatic heterocycles. The van der Waals surface area contributed by atoms with Crippen LogP contribution in [0.5, 0.6) is 0 Å². The molecule has 4 nitrogen and oxygen atoms in total. The van der Waals surface area contributed by atoms with Crippen LogP contribution in [0.2, 0.25) is 0 Å². The summed E-state index contributed by atoms with van der Waals surface area (Å²) in [6.07, 6.45) is 2.51. The van der Waals surface area contributed by atoms with Crippen LogP contribution in [-0.4, -0.2) is 21.3 Å². The van der Waals surface area contributed by atoms with Crippen LogP contribution in [-0.2, 0) is 13.0 Å². The van der Waals surface area contributed by atoms with Crippen molar-refractivity contribution < 1.29 is 0 Å². The van der Waals surface area contributed by atoms with Crippen molar-refractivity contribution in [3.63, 3.8) is 0 Å². The number of aromatic nitrogens is 3. The Balaban J connectivity index is 2.29. The molecule has 4 heteroatoms. The van der Waals surface area contributed by atoms with Crippen molar-refractivity contribution in [2.45, 2.75) is 46.7 Å². The molecular weight excluding hydrogens is 248 g/mol. The summed E-state index contributed by atoms with van der Waals surface area (Å²) in [5, 5.41) is 7.83. The first-order valence-electron chi connectivity index (χ1n) is 7.33. The van der Waals surface area contributed by atoms with Gasteiger partial charge in [-0.3, -0.25) is 4.68 Å². The minimum Gasteiger partial charge on any atom is -0.310 e. The van der Waals surface area contributed by atoms with Gasteiger partial charge in [0.25, 0.3) is 0 Å². The molecule has 108 valence electrons. The minimum atomic E-state index is 0.286. The van der Waals surface area contributed by atoms with E-state index in [4.69, 9.17) is 0 Å². The third-order valence-electron chi connectivity index (χ3n) is 3.85. The van der Waals surface area contributed by atoms with Crippen molar-refractivity contribution in [3.05, 3.63) is 47.0 Å². The highest BCUT2D eigenvalue weighted by molar-refractivity contribution is 5.35. The van der Waals surface area contributed by atoms with E-state index in [1.165, 1.54) is 16.7 Å². The maximum absolute atomic E-state index is 4.40. The van der Waals surface area contributed by atoms with E-state index in [0.29, 0.717) is 0 Å². The molecule has 0 amide bonds. The Morgan fingerprint density at radius 3 is 2.75 bits per heavy atom. The largest absolute Gasteiger partial charge is 0.310 e. The summed E-state index contributed by atoms with van der Waals surface area (Å²) in [5.74, 6) is 1.04. The topological polar surface area (TPSA) is 42.7 Å². The van der Waals surface area contributed by atoms with Crippen molar-refractivity contribution in [1.29, 1.82) is 0 Å². The highest BCUT2D eigenvalue weighted by atomic mass is 15.3. The molecule has 1 heterocycles. The van der Waals surface area contributed by atoms with Crippen molar-refractivity contribution in [2.24, 2.45) is 0 Å². The molecular formula is C16H24N4. The summed E-state index contributed by atoms with van der Waals surface area (Å²) in [4.78, 5) is 4.40. The van der Waals surface area contributed by atoms with E-state index in [2.05, 4.69) is 61.3 Å². The van der Waals surface area contributed by atoms with E-state index in [-0.39, 0.29) is 6.04 Å². The Kier molecular flexibility index (Phi) is 4.90. The van der Waals surface area contributed by atoms with Gasteiger partial charge in [-0.1, -0.05) is 25.1 Å². The Hall–Kier alpha value is -1.68. The van der Waals surface area contributed by atoms with Gasteiger partial charge in [0.1, 0.15) is 12.2 Å². The van der Waals surface area contributed by atoms with Crippen molar-refractivity contribution in [2.75, 3.05) is 6.54 Å². The molecule has 0 saturated carbocycles. The zero-order valence-corrected chi connectivity index (χ0v) is 12.8. The number of nitrogens with zero attached hydrogens (tertiary/aromatic N) is 3. The molecule has 1 atom stereocenters. The lowest BCUT2D eigenvalue weighted by Crippen LogP contribution is -2.25. The normalized spacial score (nSPS) is 12.6. The Morgan fingerprint density at radius 2 is 2.05 bits per heavy atom. The van der Waals surface area contributed by atoms with Crippen LogP contribution >= 0.6 is 0 Å². The maximum atomic E-state index is 4.40. The van der Waals surface area contributed by atoms with Gasteiger partial charge in [0.05, 0.1) is 0 Å². The van der Waals surface area contributed by atoms with Crippen LogP contribution in [0.4, 0.5) is 0 Å². The van der Waals surface area contributed by atoms with Gasteiger partial charge >= 0.3 is 0 Å². The Labute approximate surface area is 121 Å². The number of rotatable bonds is 6. The fraction of sp³-hybridized carbons (Fsp3) is 0.500. The molecule has 0 aliphatic rings.